The van der Waals surface area contributed by atoms with Crippen molar-refractivity contribution in [1.29, 1.82) is 0 Å². The third kappa shape index (κ3) is 1.91. The van der Waals surface area contributed by atoms with Gasteiger partial charge in [-0.05, 0) is 13.8 Å². The second-order valence-electron chi connectivity index (χ2n) is 2.95. The summed E-state index contributed by atoms with van der Waals surface area (Å²) in [5.41, 5.74) is -0.299. The molecule has 1 aliphatic rings. The SMILES string of the molecule is CC1(C)CN(F)CCO1. The molecule has 0 N–H and O–H groups in total. The zero-order valence-corrected chi connectivity index (χ0v) is 5.85. The Morgan fingerprint density at radius 1 is 1.56 bits per heavy atom. The summed E-state index contributed by atoms with van der Waals surface area (Å²) < 4.78 is 17.7. The second kappa shape index (κ2) is 2.23. The Labute approximate surface area is 54.5 Å². The molecule has 0 bridgehead atoms. The highest BCUT2D eigenvalue weighted by Crippen LogP contribution is 2.15. The molecule has 1 aliphatic heterocycles. The highest BCUT2D eigenvalue weighted by molar-refractivity contribution is 4.74. The summed E-state index contributed by atoms with van der Waals surface area (Å²) in [6.07, 6.45) is 0. The van der Waals surface area contributed by atoms with Crippen LogP contribution in [0.15, 0.2) is 0 Å². The van der Waals surface area contributed by atoms with E-state index in [1.165, 1.54) is 0 Å². The Hall–Kier alpha value is -0.150. The van der Waals surface area contributed by atoms with Crippen LogP contribution in [0.2, 0.25) is 0 Å². The molecule has 1 heterocycles. The summed E-state index contributed by atoms with van der Waals surface area (Å²) in [4.78, 5) is 0. The van der Waals surface area contributed by atoms with Crippen LogP contribution in [-0.4, -0.2) is 30.4 Å². The molecule has 0 spiro atoms. The van der Waals surface area contributed by atoms with Crippen LogP contribution in [0.25, 0.3) is 0 Å². The van der Waals surface area contributed by atoms with Gasteiger partial charge in [0.15, 0.2) is 0 Å². The van der Waals surface area contributed by atoms with Crippen molar-refractivity contribution in [2.24, 2.45) is 0 Å². The van der Waals surface area contributed by atoms with Gasteiger partial charge in [-0.2, -0.15) is 0 Å². The van der Waals surface area contributed by atoms with Gasteiger partial charge >= 0.3 is 0 Å². The zero-order valence-electron chi connectivity index (χ0n) is 5.85. The molecule has 0 unspecified atom stereocenters. The predicted molar refractivity (Wildman–Crippen MR) is 32.7 cm³/mol. The molecule has 2 nitrogen and oxygen atoms in total. The molecule has 0 aromatic carbocycles. The molecule has 0 atom stereocenters. The Morgan fingerprint density at radius 3 is 2.56 bits per heavy atom. The quantitative estimate of drug-likeness (QED) is 0.457. The molecule has 0 aromatic rings. The number of rotatable bonds is 0. The largest absolute Gasteiger partial charge is 0.373 e. The number of ether oxygens (including phenoxy) is 1. The summed E-state index contributed by atoms with van der Waals surface area (Å²) in [6.45, 7) is 5.07. The monoisotopic (exact) mass is 133 g/mol. The van der Waals surface area contributed by atoms with E-state index in [2.05, 4.69) is 0 Å². The normalized spacial score (nSPS) is 28.3. The van der Waals surface area contributed by atoms with Gasteiger partial charge in [0, 0.05) is 0 Å². The van der Waals surface area contributed by atoms with Crippen LogP contribution in [0.1, 0.15) is 13.8 Å². The first-order valence-corrected chi connectivity index (χ1v) is 3.15. The minimum Gasteiger partial charge on any atom is -0.373 e. The van der Waals surface area contributed by atoms with Crippen LogP contribution in [0.5, 0.6) is 0 Å². The van der Waals surface area contributed by atoms with Crippen molar-refractivity contribution in [3.05, 3.63) is 0 Å². The Kier molecular flexibility index (Phi) is 1.73. The smallest absolute Gasteiger partial charge is 0.0779 e. The first kappa shape index (κ1) is 6.96. The van der Waals surface area contributed by atoms with E-state index in [0.717, 1.165) is 5.12 Å². The fraction of sp³-hybridized carbons (Fsp3) is 1.00. The van der Waals surface area contributed by atoms with E-state index in [0.29, 0.717) is 19.7 Å². The minimum absolute atomic E-state index is 0.299. The van der Waals surface area contributed by atoms with Gasteiger partial charge in [-0.25, -0.2) is 0 Å². The van der Waals surface area contributed by atoms with Crippen molar-refractivity contribution in [3.63, 3.8) is 0 Å². The van der Waals surface area contributed by atoms with Gasteiger partial charge in [-0.1, -0.05) is 0 Å². The lowest BCUT2D eigenvalue weighted by Crippen LogP contribution is -2.44. The number of halogens is 1. The van der Waals surface area contributed by atoms with E-state index in [1.54, 1.807) is 0 Å². The van der Waals surface area contributed by atoms with Crippen LogP contribution in [0.3, 0.4) is 0 Å². The summed E-state index contributed by atoms with van der Waals surface area (Å²) in [7, 11) is 0. The lowest BCUT2D eigenvalue weighted by atomic mass is 10.1. The van der Waals surface area contributed by atoms with Crippen molar-refractivity contribution in [2.75, 3.05) is 19.7 Å². The van der Waals surface area contributed by atoms with Crippen molar-refractivity contribution in [1.82, 2.24) is 5.12 Å². The van der Waals surface area contributed by atoms with Crippen molar-refractivity contribution < 1.29 is 9.22 Å². The first-order valence-electron chi connectivity index (χ1n) is 3.15. The maximum absolute atomic E-state index is 12.4. The third-order valence-electron chi connectivity index (χ3n) is 1.38. The summed E-state index contributed by atoms with van der Waals surface area (Å²) in [5, 5.41) is 0.795. The van der Waals surface area contributed by atoms with E-state index >= 15 is 0 Å². The highest BCUT2D eigenvalue weighted by Gasteiger charge is 2.26. The molecule has 3 heteroatoms. The molecular weight excluding hydrogens is 121 g/mol. The van der Waals surface area contributed by atoms with Gasteiger partial charge in [0.25, 0.3) is 0 Å². The van der Waals surface area contributed by atoms with Crippen molar-refractivity contribution in [3.8, 4) is 0 Å². The molecule has 1 fully saturated rings. The van der Waals surface area contributed by atoms with Crippen LogP contribution < -0.4 is 0 Å². The van der Waals surface area contributed by atoms with E-state index in [9.17, 15) is 4.48 Å². The molecule has 9 heavy (non-hydrogen) atoms. The molecular formula is C6H12FNO. The topological polar surface area (TPSA) is 12.5 Å². The van der Waals surface area contributed by atoms with E-state index in [-0.39, 0.29) is 5.60 Å². The second-order valence-corrected chi connectivity index (χ2v) is 2.95. The maximum Gasteiger partial charge on any atom is 0.0779 e. The van der Waals surface area contributed by atoms with Crippen LogP contribution >= 0.6 is 0 Å². The van der Waals surface area contributed by atoms with Gasteiger partial charge in [0.2, 0.25) is 0 Å². The highest BCUT2D eigenvalue weighted by atomic mass is 19.2. The molecule has 0 radical (unpaired) electrons. The van der Waals surface area contributed by atoms with Crippen LogP contribution in [0.4, 0.5) is 4.48 Å². The Balaban J connectivity index is 2.41. The summed E-state index contributed by atoms with van der Waals surface area (Å²) in [5.74, 6) is 0. The minimum atomic E-state index is -0.299. The molecule has 0 saturated carbocycles. The fourth-order valence-electron chi connectivity index (χ4n) is 0.959. The lowest BCUT2D eigenvalue weighted by molar-refractivity contribution is -0.146. The summed E-state index contributed by atoms with van der Waals surface area (Å²) >= 11 is 0. The Bertz CT molecular complexity index is 105. The van der Waals surface area contributed by atoms with Crippen LogP contribution in [0, 0.1) is 0 Å². The number of morpholine rings is 1. The summed E-state index contributed by atoms with van der Waals surface area (Å²) in [6, 6.07) is 0. The average molecular weight is 133 g/mol. The van der Waals surface area contributed by atoms with E-state index in [1.807, 2.05) is 13.8 Å². The maximum atomic E-state index is 12.4. The molecule has 0 amide bonds. The van der Waals surface area contributed by atoms with Gasteiger partial charge in [-0.15, -0.1) is 9.60 Å². The number of nitrogens with zero attached hydrogens (tertiary/aromatic N) is 1. The Morgan fingerprint density at radius 2 is 2.22 bits per heavy atom. The van der Waals surface area contributed by atoms with Gasteiger partial charge in [0.1, 0.15) is 0 Å². The fourth-order valence-corrected chi connectivity index (χ4v) is 0.959. The van der Waals surface area contributed by atoms with Gasteiger partial charge in [-0.3, -0.25) is 0 Å². The zero-order chi connectivity index (χ0) is 6.91. The third-order valence-corrected chi connectivity index (χ3v) is 1.38. The molecule has 54 valence electrons. The van der Waals surface area contributed by atoms with E-state index in [4.69, 9.17) is 4.74 Å². The molecule has 1 rings (SSSR count). The average Bonchev–Trinajstić information content (AvgIpc) is 1.60. The predicted octanol–water partition coefficient (Wildman–Crippen LogP) is 0.982. The first-order chi connectivity index (χ1) is 4.10. The van der Waals surface area contributed by atoms with Crippen molar-refractivity contribution >= 4 is 0 Å². The van der Waals surface area contributed by atoms with Crippen molar-refractivity contribution in [2.45, 2.75) is 19.4 Å². The number of hydrogen-bond acceptors (Lipinski definition) is 2. The van der Waals surface area contributed by atoms with Gasteiger partial charge in [0.05, 0.1) is 25.3 Å². The van der Waals surface area contributed by atoms with E-state index < -0.39 is 0 Å². The molecule has 1 saturated heterocycles. The van der Waals surface area contributed by atoms with Gasteiger partial charge < -0.3 is 4.74 Å². The standard InChI is InChI=1S/C6H12FNO/c1-6(2)5-8(7)3-4-9-6/h3-5H2,1-2H3. The molecule has 0 aliphatic carbocycles. The van der Waals surface area contributed by atoms with Crippen LogP contribution in [-0.2, 0) is 4.74 Å². The lowest BCUT2D eigenvalue weighted by Gasteiger charge is -2.32. The molecule has 0 aromatic heterocycles. The number of hydrogen-bond donors (Lipinski definition) is 0.